The molecule has 3 aromatic rings. The number of nitrogens with zero attached hydrogens (tertiary/aromatic N) is 3. The van der Waals surface area contributed by atoms with Crippen molar-refractivity contribution in [3.63, 3.8) is 0 Å². The first-order valence-corrected chi connectivity index (χ1v) is 9.34. The summed E-state index contributed by atoms with van der Waals surface area (Å²) in [7, 11) is 0. The highest BCUT2D eigenvalue weighted by molar-refractivity contribution is 5.86. The Morgan fingerprint density at radius 3 is 2.89 bits per heavy atom. The van der Waals surface area contributed by atoms with Gasteiger partial charge in [0.1, 0.15) is 0 Å². The molecule has 6 nitrogen and oxygen atoms in total. The quantitative estimate of drug-likeness (QED) is 0.746. The fraction of sp³-hybridized carbons (Fsp3) is 0.286. The van der Waals surface area contributed by atoms with Crippen LogP contribution in [-0.2, 0) is 0 Å². The number of amides is 2. The van der Waals surface area contributed by atoms with E-state index in [0.717, 1.165) is 24.2 Å². The van der Waals surface area contributed by atoms with E-state index in [0.29, 0.717) is 19.0 Å². The molecule has 0 aliphatic carbocycles. The molecule has 1 atom stereocenters. The molecule has 27 heavy (non-hydrogen) atoms. The molecule has 138 valence electrons. The van der Waals surface area contributed by atoms with Gasteiger partial charge in [-0.3, -0.25) is 0 Å². The molecule has 2 amide bonds. The number of anilines is 1. The standard InChI is InChI=1S/C21H23N5O/c1-2-22-21(27)26-12-10-18(14-26)24-20-23-11-9-19(25-20)17-8-7-15-5-3-4-6-16(15)13-17/h3-9,11,13,18H,2,10,12,14H2,1H3,(H,22,27)(H,23,24,25)/t18-/m0/s1. The van der Waals surface area contributed by atoms with E-state index < -0.39 is 0 Å². The van der Waals surface area contributed by atoms with Gasteiger partial charge in [-0.25, -0.2) is 14.8 Å². The molecule has 2 heterocycles. The fourth-order valence-corrected chi connectivity index (χ4v) is 3.45. The molecule has 1 aliphatic rings. The van der Waals surface area contributed by atoms with Gasteiger partial charge in [0.05, 0.1) is 5.69 Å². The van der Waals surface area contributed by atoms with Crippen LogP contribution >= 0.6 is 0 Å². The SMILES string of the molecule is CCNC(=O)N1CC[C@H](Nc2nccc(-c3ccc4ccccc4c3)n2)C1. The molecular weight excluding hydrogens is 338 g/mol. The minimum Gasteiger partial charge on any atom is -0.350 e. The van der Waals surface area contributed by atoms with Gasteiger partial charge in [0, 0.05) is 37.4 Å². The van der Waals surface area contributed by atoms with Crippen molar-refractivity contribution in [2.75, 3.05) is 25.0 Å². The van der Waals surface area contributed by atoms with Crippen molar-refractivity contribution in [1.29, 1.82) is 0 Å². The molecule has 0 spiro atoms. The van der Waals surface area contributed by atoms with Crippen molar-refractivity contribution in [2.24, 2.45) is 0 Å². The third-order valence-corrected chi connectivity index (χ3v) is 4.84. The van der Waals surface area contributed by atoms with Crippen LogP contribution in [0.5, 0.6) is 0 Å². The van der Waals surface area contributed by atoms with Gasteiger partial charge >= 0.3 is 6.03 Å². The van der Waals surface area contributed by atoms with Crippen LogP contribution in [-0.4, -0.2) is 46.6 Å². The molecule has 1 aliphatic heterocycles. The van der Waals surface area contributed by atoms with Gasteiger partial charge in [-0.05, 0) is 36.2 Å². The lowest BCUT2D eigenvalue weighted by molar-refractivity contribution is 0.209. The van der Waals surface area contributed by atoms with E-state index in [1.807, 2.05) is 30.0 Å². The van der Waals surface area contributed by atoms with E-state index in [1.165, 1.54) is 10.8 Å². The Labute approximate surface area is 158 Å². The minimum absolute atomic E-state index is 0.00682. The number of rotatable bonds is 4. The van der Waals surface area contributed by atoms with Crippen molar-refractivity contribution < 1.29 is 4.79 Å². The molecule has 6 heteroatoms. The monoisotopic (exact) mass is 361 g/mol. The molecule has 0 bridgehead atoms. The lowest BCUT2D eigenvalue weighted by Gasteiger charge is -2.17. The van der Waals surface area contributed by atoms with Crippen LogP contribution in [0.25, 0.3) is 22.0 Å². The maximum atomic E-state index is 11.9. The van der Waals surface area contributed by atoms with Gasteiger partial charge in [0.15, 0.2) is 0 Å². The number of benzene rings is 2. The van der Waals surface area contributed by atoms with Crippen LogP contribution in [0.3, 0.4) is 0 Å². The van der Waals surface area contributed by atoms with E-state index in [1.54, 1.807) is 6.20 Å². The largest absolute Gasteiger partial charge is 0.350 e. The van der Waals surface area contributed by atoms with Crippen molar-refractivity contribution in [3.05, 3.63) is 54.7 Å². The maximum Gasteiger partial charge on any atom is 0.317 e. The smallest absolute Gasteiger partial charge is 0.317 e. The summed E-state index contributed by atoms with van der Waals surface area (Å²) >= 11 is 0. The van der Waals surface area contributed by atoms with Crippen LogP contribution in [0.15, 0.2) is 54.7 Å². The van der Waals surface area contributed by atoms with Crippen molar-refractivity contribution >= 4 is 22.8 Å². The van der Waals surface area contributed by atoms with Crippen LogP contribution < -0.4 is 10.6 Å². The number of likely N-dealkylation sites (tertiary alicyclic amines) is 1. The fourth-order valence-electron chi connectivity index (χ4n) is 3.45. The highest BCUT2D eigenvalue weighted by Crippen LogP contribution is 2.24. The van der Waals surface area contributed by atoms with Gasteiger partial charge in [0.25, 0.3) is 0 Å². The molecule has 1 aromatic heterocycles. The van der Waals surface area contributed by atoms with Crippen molar-refractivity contribution in [3.8, 4) is 11.3 Å². The highest BCUT2D eigenvalue weighted by Gasteiger charge is 2.26. The van der Waals surface area contributed by atoms with Crippen LogP contribution in [0, 0.1) is 0 Å². The number of hydrogen-bond donors (Lipinski definition) is 2. The number of fused-ring (bicyclic) bond motifs is 1. The Kier molecular flexibility index (Phi) is 4.87. The maximum absolute atomic E-state index is 11.9. The van der Waals surface area contributed by atoms with E-state index in [4.69, 9.17) is 0 Å². The summed E-state index contributed by atoms with van der Waals surface area (Å²) in [5, 5.41) is 8.62. The zero-order chi connectivity index (χ0) is 18.6. The average Bonchev–Trinajstić information content (AvgIpc) is 3.17. The minimum atomic E-state index is -0.00682. The second-order valence-corrected chi connectivity index (χ2v) is 6.74. The number of nitrogens with one attached hydrogen (secondary N) is 2. The zero-order valence-electron chi connectivity index (χ0n) is 15.4. The Hall–Kier alpha value is -3.15. The van der Waals surface area contributed by atoms with Crippen molar-refractivity contribution in [1.82, 2.24) is 20.2 Å². The van der Waals surface area contributed by atoms with Crippen LogP contribution in [0.4, 0.5) is 10.7 Å². The first-order valence-electron chi connectivity index (χ1n) is 9.34. The Morgan fingerprint density at radius 2 is 2.04 bits per heavy atom. The molecule has 1 fully saturated rings. The topological polar surface area (TPSA) is 70.2 Å². The third-order valence-electron chi connectivity index (χ3n) is 4.84. The van der Waals surface area contributed by atoms with E-state index in [9.17, 15) is 4.79 Å². The zero-order valence-corrected chi connectivity index (χ0v) is 15.4. The summed E-state index contributed by atoms with van der Waals surface area (Å²) in [5.74, 6) is 0.600. The van der Waals surface area contributed by atoms with Crippen LogP contribution in [0.2, 0.25) is 0 Å². The lowest BCUT2D eigenvalue weighted by atomic mass is 10.1. The molecule has 0 radical (unpaired) electrons. The van der Waals surface area contributed by atoms with Gasteiger partial charge in [-0.1, -0.05) is 36.4 Å². The number of carbonyl (C=O) groups is 1. The summed E-state index contributed by atoms with van der Waals surface area (Å²) in [5.41, 5.74) is 1.95. The summed E-state index contributed by atoms with van der Waals surface area (Å²) < 4.78 is 0. The summed E-state index contributed by atoms with van der Waals surface area (Å²) in [6.07, 6.45) is 2.66. The molecular formula is C21H23N5O. The van der Waals surface area contributed by atoms with E-state index in [-0.39, 0.29) is 12.1 Å². The third kappa shape index (κ3) is 3.84. The number of hydrogen-bond acceptors (Lipinski definition) is 4. The second-order valence-electron chi connectivity index (χ2n) is 6.74. The van der Waals surface area contributed by atoms with Gasteiger partial charge < -0.3 is 15.5 Å². The van der Waals surface area contributed by atoms with Gasteiger partial charge in [-0.2, -0.15) is 0 Å². The predicted octanol–water partition coefficient (Wildman–Crippen LogP) is 3.51. The van der Waals surface area contributed by atoms with Gasteiger partial charge in [0.2, 0.25) is 5.95 Å². The summed E-state index contributed by atoms with van der Waals surface area (Å²) in [6.45, 7) is 3.98. The molecule has 0 unspecified atom stereocenters. The number of urea groups is 1. The number of carbonyl (C=O) groups excluding carboxylic acids is 1. The average molecular weight is 361 g/mol. The molecule has 2 aromatic carbocycles. The van der Waals surface area contributed by atoms with Crippen molar-refractivity contribution in [2.45, 2.75) is 19.4 Å². The van der Waals surface area contributed by atoms with E-state index >= 15 is 0 Å². The highest BCUT2D eigenvalue weighted by atomic mass is 16.2. The summed E-state index contributed by atoms with van der Waals surface area (Å²) in [6, 6.07) is 16.7. The molecule has 1 saturated heterocycles. The molecule has 4 rings (SSSR count). The molecule has 2 N–H and O–H groups in total. The lowest BCUT2D eigenvalue weighted by Crippen LogP contribution is -2.39. The Balaban J connectivity index is 1.48. The second kappa shape index (κ2) is 7.61. The molecule has 0 saturated carbocycles. The first-order chi connectivity index (χ1) is 13.2. The van der Waals surface area contributed by atoms with Gasteiger partial charge in [-0.15, -0.1) is 0 Å². The Morgan fingerprint density at radius 1 is 1.19 bits per heavy atom. The normalized spacial score (nSPS) is 16.5. The number of aromatic nitrogens is 2. The summed E-state index contributed by atoms with van der Waals surface area (Å²) in [4.78, 5) is 22.8. The predicted molar refractivity (Wildman–Crippen MR) is 108 cm³/mol. The Bertz CT molecular complexity index is 958. The van der Waals surface area contributed by atoms with E-state index in [2.05, 4.69) is 50.9 Å². The van der Waals surface area contributed by atoms with Crippen LogP contribution in [0.1, 0.15) is 13.3 Å². The first kappa shape index (κ1) is 17.3.